The first kappa shape index (κ1) is 22.2. The van der Waals surface area contributed by atoms with Crippen LogP contribution < -0.4 is 0 Å². The molecule has 2 aromatic carbocycles. The second-order valence-electron chi connectivity index (χ2n) is 8.32. The standard InChI is InChI=1S/2C12H12Cl.2ClH.Zr/c2*1-8-5-11-9(2)3-4-10(7-13)12(11)6-8;;;/h2*3-6H,7H2,1-2H3;2*1H;/q;;;;+2/p-2. The van der Waals surface area contributed by atoms with Gasteiger partial charge < -0.3 is 0 Å². The molecule has 0 saturated heterocycles. The molecule has 0 aliphatic heterocycles. The Morgan fingerprint density at radius 3 is 1.41 bits per heavy atom. The SMILES string of the molecule is CC1=Cc2c(CCl)ccc(C)c2[CH]1[Zr]([Cl])([Cl])[CH]1C(C)=Cc2c(CCl)ccc(C)c21. The van der Waals surface area contributed by atoms with Crippen LogP contribution in [0, 0.1) is 13.8 Å². The average Bonchev–Trinajstić information content (AvgIpc) is 3.21. The number of halogens is 4. The van der Waals surface area contributed by atoms with Gasteiger partial charge in [-0.15, -0.1) is 0 Å². The fraction of sp³-hybridized carbons (Fsp3) is 0.333. The molecule has 0 aromatic heterocycles. The Labute approximate surface area is 195 Å². The van der Waals surface area contributed by atoms with Crippen molar-refractivity contribution in [2.75, 3.05) is 0 Å². The Bertz CT molecular complexity index is 982. The van der Waals surface area contributed by atoms with Gasteiger partial charge in [0.1, 0.15) is 0 Å². The number of alkyl halides is 2. The van der Waals surface area contributed by atoms with Crippen LogP contribution in [0.3, 0.4) is 0 Å². The fourth-order valence-electron chi connectivity index (χ4n) is 5.16. The molecule has 29 heavy (non-hydrogen) atoms. The molecule has 2 atom stereocenters. The Kier molecular flexibility index (Phi) is 6.23. The van der Waals surface area contributed by atoms with Gasteiger partial charge in [0.15, 0.2) is 0 Å². The van der Waals surface area contributed by atoms with Gasteiger partial charge in [0.25, 0.3) is 0 Å². The normalized spacial score (nSPS) is 20.4. The molecule has 4 rings (SSSR count). The summed E-state index contributed by atoms with van der Waals surface area (Å²) in [5.41, 5.74) is 12.4. The van der Waals surface area contributed by atoms with Gasteiger partial charge in [-0.2, -0.15) is 0 Å². The van der Waals surface area contributed by atoms with E-state index in [1.54, 1.807) is 0 Å². The van der Waals surface area contributed by atoms with Crippen LogP contribution in [0.5, 0.6) is 0 Å². The van der Waals surface area contributed by atoms with Crippen molar-refractivity contribution in [3.05, 3.63) is 79.9 Å². The Morgan fingerprint density at radius 2 is 1.07 bits per heavy atom. The summed E-state index contributed by atoms with van der Waals surface area (Å²) in [7, 11) is 15.1. The first-order valence-electron chi connectivity index (χ1n) is 9.83. The van der Waals surface area contributed by atoms with E-state index in [0.29, 0.717) is 11.8 Å². The summed E-state index contributed by atoms with van der Waals surface area (Å²) in [4.78, 5) is 0. The van der Waals surface area contributed by atoms with Gasteiger partial charge in [-0.1, -0.05) is 0 Å². The molecule has 2 unspecified atom stereocenters. The molecule has 5 heteroatoms. The molecule has 0 heterocycles. The molecule has 0 radical (unpaired) electrons. The van der Waals surface area contributed by atoms with Crippen LogP contribution in [0.2, 0.25) is 0 Å². The van der Waals surface area contributed by atoms with Crippen molar-refractivity contribution in [3.8, 4) is 0 Å². The second-order valence-corrected chi connectivity index (χ2v) is 23.6. The number of fused-ring (bicyclic) bond motifs is 2. The Morgan fingerprint density at radius 1 is 0.690 bits per heavy atom. The minimum absolute atomic E-state index is 0.115. The van der Waals surface area contributed by atoms with Crippen molar-refractivity contribution >= 4 is 52.4 Å². The van der Waals surface area contributed by atoms with Crippen LogP contribution in [0.15, 0.2) is 35.4 Å². The molecule has 0 N–H and O–H groups in total. The van der Waals surface area contributed by atoms with Gasteiger partial charge in [-0.3, -0.25) is 0 Å². The van der Waals surface area contributed by atoms with Gasteiger partial charge in [-0.25, -0.2) is 0 Å². The fourth-order valence-corrected chi connectivity index (χ4v) is 20.3. The van der Waals surface area contributed by atoms with Crippen LogP contribution in [-0.4, -0.2) is 0 Å². The van der Waals surface area contributed by atoms with Crippen molar-refractivity contribution in [1.82, 2.24) is 0 Å². The first-order valence-corrected chi connectivity index (χ1v) is 20.1. The number of benzene rings is 2. The molecular formula is C24H24Cl4Zr. The van der Waals surface area contributed by atoms with Crippen molar-refractivity contribution in [3.63, 3.8) is 0 Å². The number of rotatable bonds is 4. The van der Waals surface area contributed by atoms with E-state index in [-0.39, 0.29) is 7.25 Å². The van der Waals surface area contributed by atoms with E-state index < -0.39 is 17.9 Å². The molecule has 2 aliphatic rings. The third kappa shape index (κ3) is 3.45. The molecular weight excluding hydrogens is 521 g/mol. The van der Waals surface area contributed by atoms with Crippen LogP contribution in [0.25, 0.3) is 12.2 Å². The third-order valence-electron chi connectivity index (χ3n) is 6.48. The predicted molar refractivity (Wildman–Crippen MR) is 126 cm³/mol. The summed E-state index contributed by atoms with van der Waals surface area (Å²) in [6.07, 6.45) is 4.52. The molecule has 2 aliphatic carbocycles. The quantitative estimate of drug-likeness (QED) is 0.337. The molecule has 0 spiro atoms. The Hall–Kier alpha value is -0.0369. The van der Waals surface area contributed by atoms with Gasteiger partial charge in [-0.05, 0) is 0 Å². The molecule has 152 valence electrons. The minimum atomic E-state index is -3.83. The second kappa shape index (κ2) is 8.14. The summed E-state index contributed by atoms with van der Waals surface area (Å²) < 4.78 is 0.230. The Balaban J connectivity index is 1.90. The molecule has 0 amide bonds. The molecule has 2 aromatic rings. The molecule has 0 saturated carbocycles. The number of hydrogen-bond donors (Lipinski definition) is 0. The predicted octanol–water partition coefficient (Wildman–Crippen LogP) is 8.86. The molecule has 0 nitrogen and oxygen atoms in total. The zero-order chi connectivity index (χ0) is 21.1. The monoisotopic (exact) mass is 542 g/mol. The maximum atomic E-state index is 7.56. The van der Waals surface area contributed by atoms with Gasteiger partial charge in [0, 0.05) is 0 Å². The van der Waals surface area contributed by atoms with E-state index in [1.807, 2.05) is 0 Å². The van der Waals surface area contributed by atoms with Crippen LogP contribution in [0.1, 0.15) is 65.6 Å². The van der Waals surface area contributed by atoms with Crippen LogP contribution >= 0.6 is 40.2 Å². The van der Waals surface area contributed by atoms with Crippen molar-refractivity contribution in [1.29, 1.82) is 0 Å². The zero-order valence-corrected chi connectivity index (χ0v) is 22.5. The average molecular weight is 545 g/mol. The molecule has 0 fully saturated rings. The van der Waals surface area contributed by atoms with Gasteiger partial charge in [0.2, 0.25) is 0 Å². The van der Waals surface area contributed by atoms with Crippen LogP contribution in [0.4, 0.5) is 0 Å². The van der Waals surface area contributed by atoms with Gasteiger partial charge in [0.05, 0.1) is 0 Å². The zero-order valence-electron chi connectivity index (χ0n) is 17.0. The summed E-state index contributed by atoms with van der Waals surface area (Å²) in [5.74, 6) is 0.991. The van der Waals surface area contributed by atoms with Gasteiger partial charge >= 0.3 is 197 Å². The van der Waals surface area contributed by atoms with Crippen LogP contribution in [-0.2, 0) is 29.6 Å². The third-order valence-corrected chi connectivity index (χ3v) is 19.7. The van der Waals surface area contributed by atoms with E-state index in [0.717, 1.165) is 11.1 Å². The summed E-state index contributed by atoms with van der Waals surface area (Å²) in [5, 5.41) is 0. The van der Waals surface area contributed by atoms with Crippen molar-refractivity contribution in [2.24, 2.45) is 0 Å². The van der Waals surface area contributed by atoms with E-state index in [9.17, 15) is 0 Å². The van der Waals surface area contributed by atoms with Crippen molar-refractivity contribution < 1.29 is 17.9 Å². The number of allylic oxidation sites excluding steroid dienone is 2. The van der Waals surface area contributed by atoms with E-state index in [1.165, 1.54) is 44.5 Å². The topological polar surface area (TPSA) is 0 Å². The summed E-state index contributed by atoms with van der Waals surface area (Å²) >= 11 is 8.66. The summed E-state index contributed by atoms with van der Waals surface area (Å²) in [6, 6.07) is 8.57. The van der Waals surface area contributed by atoms with Crippen molar-refractivity contribution in [2.45, 2.75) is 46.7 Å². The summed E-state index contributed by atoms with van der Waals surface area (Å²) in [6.45, 7) is 8.67. The maximum absolute atomic E-state index is 7.56. The van der Waals surface area contributed by atoms with E-state index in [2.05, 4.69) is 64.1 Å². The number of aryl methyl sites for hydroxylation is 2. The first-order chi connectivity index (χ1) is 13.7. The molecule has 0 bridgehead atoms. The van der Waals surface area contributed by atoms with E-state index in [4.69, 9.17) is 40.2 Å². The van der Waals surface area contributed by atoms with E-state index >= 15 is 0 Å². The number of hydrogen-bond acceptors (Lipinski definition) is 0.